The Morgan fingerprint density at radius 3 is 0.923 bits per heavy atom. The fraction of sp³-hybridized carbons (Fsp3) is 0.780. The van der Waals surface area contributed by atoms with Crippen molar-refractivity contribution in [2.45, 2.75) is 284 Å². The van der Waals surface area contributed by atoms with Crippen molar-refractivity contribution in [3.63, 3.8) is 0 Å². The first kappa shape index (κ1) is 62.1. The Balaban J connectivity index is 4.42. The van der Waals surface area contributed by atoms with Gasteiger partial charge in [-0.05, 0) is 109 Å². The molecule has 0 rings (SSSR count). The van der Waals surface area contributed by atoms with Gasteiger partial charge in [-0.15, -0.1) is 0 Å². The summed E-state index contributed by atoms with van der Waals surface area (Å²) in [6.45, 7) is 6.58. The average Bonchev–Trinajstić information content (AvgIpc) is 3.30. The molecule has 0 heterocycles. The van der Waals surface area contributed by atoms with Crippen LogP contribution in [0.4, 0.5) is 0 Å². The third kappa shape index (κ3) is 51.9. The van der Waals surface area contributed by atoms with E-state index in [9.17, 15) is 14.4 Å². The molecule has 0 saturated carbocycles. The summed E-state index contributed by atoms with van der Waals surface area (Å²) in [7, 11) is 0. The van der Waals surface area contributed by atoms with Crippen LogP contribution in [0.25, 0.3) is 0 Å². The minimum atomic E-state index is -0.788. The van der Waals surface area contributed by atoms with Crippen molar-refractivity contribution in [1.82, 2.24) is 0 Å². The van der Waals surface area contributed by atoms with Gasteiger partial charge in [0.2, 0.25) is 0 Å². The Morgan fingerprint density at radius 2 is 0.554 bits per heavy atom. The number of carbonyl (C=O) groups is 3. The summed E-state index contributed by atoms with van der Waals surface area (Å²) in [5.74, 6) is -0.914. The van der Waals surface area contributed by atoms with Crippen molar-refractivity contribution >= 4 is 17.9 Å². The molecular formula is C59H104O6. The molecule has 0 bridgehead atoms. The summed E-state index contributed by atoms with van der Waals surface area (Å²) in [5.41, 5.74) is 0. The molecule has 0 aromatic heterocycles. The molecule has 0 fully saturated rings. The SMILES string of the molecule is CCCCC/C=C\C/C=C\C/C=C\CCCCCCC(=O)OC[C@H](COC(=O)CCCCCCC/C=C\CCCCCC)OC(=O)CCCCCCCCC/C=C\CCCCCCCC. The van der Waals surface area contributed by atoms with Gasteiger partial charge >= 0.3 is 17.9 Å². The molecular weight excluding hydrogens is 805 g/mol. The van der Waals surface area contributed by atoms with Crippen LogP contribution < -0.4 is 0 Å². The van der Waals surface area contributed by atoms with Gasteiger partial charge in [-0.1, -0.05) is 210 Å². The van der Waals surface area contributed by atoms with Crippen molar-refractivity contribution in [2.24, 2.45) is 0 Å². The minimum absolute atomic E-state index is 0.0870. The molecule has 0 aliphatic heterocycles. The van der Waals surface area contributed by atoms with E-state index in [0.717, 1.165) is 89.9 Å². The van der Waals surface area contributed by atoms with Gasteiger partial charge in [-0.2, -0.15) is 0 Å². The molecule has 0 aliphatic carbocycles. The summed E-state index contributed by atoms with van der Waals surface area (Å²) in [4.78, 5) is 38.1. The molecule has 0 aliphatic rings. The van der Waals surface area contributed by atoms with Crippen LogP contribution >= 0.6 is 0 Å². The third-order valence-corrected chi connectivity index (χ3v) is 12.0. The second kappa shape index (κ2) is 53.7. The minimum Gasteiger partial charge on any atom is -0.462 e. The first-order chi connectivity index (χ1) is 32.0. The smallest absolute Gasteiger partial charge is 0.306 e. The van der Waals surface area contributed by atoms with Gasteiger partial charge in [-0.25, -0.2) is 0 Å². The monoisotopic (exact) mass is 909 g/mol. The third-order valence-electron chi connectivity index (χ3n) is 12.0. The molecule has 0 unspecified atom stereocenters. The molecule has 6 nitrogen and oxygen atoms in total. The van der Waals surface area contributed by atoms with E-state index in [1.54, 1.807) is 0 Å². The topological polar surface area (TPSA) is 78.9 Å². The first-order valence-electron chi connectivity index (χ1n) is 27.8. The Labute approximate surface area is 402 Å². The normalized spacial score (nSPS) is 12.5. The Bertz CT molecular complexity index is 1180. The molecule has 1 atom stereocenters. The zero-order chi connectivity index (χ0) is 47.2. The van der Waals surface area contributed by atoms with Gasteiger partial charge in [0.25, 0.3) is 0 Å². The highest BCUT2D eigenvalue weighted by atomic mass is 16.6. The van der Waals surface area contributed by atoms with E-state index < -0.39 is 6.10 Å². The molecule has 0 amide bonds. The lowest BCUT2D eigenvalue weighted by Crippen LogP contribution is -2.30. The number of unbranched alkanes of at least 4 members (excludes halogenated alkanes) is 29. The van der Waals surface area contributed by atoms with Crippen LogP contribution in [0.1, 0.15) is 278 Å². The van der Waals surface area contributed by atoms with Crippen molar-refractivity contribution in [1.29, 1.82) is 0 Å². The van der Waals surface area contributed by atoms with Gasteiger partial charge < -0.3 is 14.2 Å². The second-order valence-corrected chi connectivity index (χ2v) is 18.5. The number of rotatable bonds is 50. The number of hydrogen-bond donors (Lipinski definition) is 0. The van der Waals surface area contributed by atoms with Crippen molar-refractivity contribution in [3.05, 3.63) is 60.8 Å². The molecule has 0 saturated heterocycles. The van der Waals surface area contributed by atoms with E-state index in [1.165, 1.54) is 148 Å². The van der Waals surface area contributed by atoms with E-state index in [0.29, 0.717) is 19.3 Å². The van der Waals surface area contributed by atoms with Crippen LogP contribution in [-0.4, -0.2) is 37.2 Å². The predicted octanol–water partition coefficient (Wildman–Crippen LogP) is 18.4. The highest BCUT2D eigenvalue weighted by Crippen LogP contribution is 2.14. The maximum absolute atomic E-state index is 12.8. The van der Waals surface area contributed by atoms with Gasteiger partial charge in [0.05, 0.1) is 0 Å². The molecule has 0 spiro atoms. The van der Waals surface area contributed by atoms with E-state index in [1.807, 2.05) is 0 Å². The van der Waals surface area contributed by atoms with Crippen molar-refractivity contribution < 1.29 is 28.6 Å². The van der Waals surface area contributed by atoms with Crippen LogP contribution in [0.5, 0.6) is 0 Å². The highest BCUT2D eigenvalue weighted by molar-refractivity contribution is 5.71. The number of allylic oxidation sites excluding steroid dienone is 10. The number of hydrogen-bond acceptors (Lipinski definition) is 6. The van der Waals surface area contributed by atoms with Crippen molar-refractivity contribution in [3.8, 4) is 0 Å². The zero-order valence-electron chi connectivity index (χ0n) is 43.0. The van der Waals surface area contributed by atoms with Crippen LogP contribution in [-0.2, 0) is 28.6 Å². The lowest BCUT2D eigenvalue weighted by molar-refractivity contribution is -0.167. The molecule has 0 aromatic carbocycles. The van der Waals surface area contributed by atoms with Gasteiger partial charge in [-0.3, -0.25) is 14.4 Å². The van der Waals surface area contributed by atoms with E-state index in [2.05, 4.69) is 81.5 Å². The zero-order valence-corrected chi connectivity index (χ0v) is 43.0. The summed E-state index contributed by atoms with van der Waals surface area (Å²) in [6, 6.07) is 0. The van der Waals surface area contributed by atoms with E-state index >= 15 is 0 Å². The number of ether oxygens (including phenoxy) is 3. The van der Waals surface area contributed by atoms with Gasteiger partial charge in [0, 0.05) is 19.3 Å². The largest absolute Gasteiger partial charge is 0.462 e. The quantitative estimate of drug-likeness (QED) is 0.0262. The Kier molecular flexibility index (Phi) is 51.3. The molecule has 0 radical (unpaired) electrons. The molecule has 0 N–H and O–H groups in total. The molecule has 376 valence electrons. The molecule has 6 heteroatoms. The fourth-order valence-electron chi connectivity index (χ4n) is 7.73. The van der Waals surface area contributed by atoms with Crippen molar-refractivity contribution in [2.75, 3.05) is 13.2 Å². The maximum Gasteiger partial charge on any atom is 0.306 e. The second-order valence-electron chi connectivity index (χ2n) is 18.5. The Morgan fingerprint density at radius 1 is 0.308 bits per heavy atom. The molecule has 0 aromatic rings. The van der Waals surface area contributed by atoms with Gasteiger partial charge in [0.15, 0.2) is 6.10 Å². The first-order valence-corrected chi connectivity index (χ1v) is 27.8. The summed E-state index contributed by atoms with van der Waals surface area (Å²) in [5, 5.41) is 0. The van der Waals surface area contributed by atoms with Crippen LogP contribution in [0.2, 0.25) is 0 Å². The summed E-state index contributed by atoms with van der Waals surface area (Å²) in [6.07, 6.45) is 66.3. The predicted molar refractivity (Wildman–Crippen MR) is 279 cm³/mol. The summed E-state index contributed by atoms with van der Waals surface area (Å²) >= 11 is 0. The van der Waals surface area contributed by atoms with E-state index in [-0.39, 0.29) is 31.1 Å². The fourth-order valence-corrected chi connectivity index (χ4v) is 7.73. The highest BCUT2D eigenvalue weighted by Gasteiger charge is 2.19. The number of esters is 3. The Hall–Kier alpha value is -2.89. The average molecular weight is 909 g/mol. The summed E-state index contributed by atoms with van der Waals surface area (Å²) < 4.78 is 16.8. The van der Waals surface area contributed by atoms with Crippen LogP contribution in [0, 0.1) is 0 Å². The van der Waals surface area contributed by atoms with Crippen LogP contribution in [0.3, 0.4) is 0 Å². The standard InChI is InChI=1S/C59H104O6/c1-4-7-10-13-16-19-22-25-27-29-31-34-37-40-43-46-49-52-58(61)64-55-56(54-63-57(60)51-48-45-42-39-36-33-24-21-18-15-12-9-6-3)65-59(62)53-50-47-44-41-38-35-32-30-28-26-23-20-17-14-11-8-5-2/h16,19,21,24-28,31,34,56H,4-15,17-18,20,22-23,29-30,32-33,35-55H2,1-3H3/b19-16-,24-21-,27-25-,28-26-,34-31-/t56-/m0/s1. The lowest BCUT2D eigenvalue weighted by atomic mass is 10.1. The maximum atomic E-state index is 12.8. The molecule has 65 heavy (non-hydrogen) atoms. The lowest BCUT2D eigenvalue weighted by Gasteiger charge is -2.18. The van der Waals surface area contributed by atoms with Crippen LogP contribution in [0.15, 0.2) is 60.8 Å². The van der Waals surface area contributed by atoms with Gasteiger partial charge in [0.1, 0.15) is 13.2 Å². The number of carbonyl (C=O) groups excluding carboxylic acids is 3. The van der Waals surface area contributed by atoms with E-state index in [4.69, 9.17) is 14.2 Å².